The van der Waals surface area contributed by atoms with Gasteiger partial charge in [0.15, 0.2) is 0 Å². The Morgan fingerprint density at radius 1 is 1.50 bits per heavy atom. The quantitative estimate of drug-likeness (QED) is 0.869. The standard InChI is InChI=1S/C13H14N2O3/c1-18-12-4-2-3-10(5-12)7-15-8-11(14-9-15)6-13(16)17/h2-5,8-9H,6-7H2,1H3,(H,16,17). The number of hydrogen-bond acceptors (Lipinski definition) is 3. The van der Waals surface area contributed by atoms with Crippen LogP contribution in [0.15, 0.2) is 36.8 Å². The van der Waals surface area contributed by atoms with Crippen LogP contribution >= 0.6 is 0 Å². The predicted molar refractivity (Wildman–Crippen MR) is 65.7 cm³/mol. The van der Waals surface area contributed by atoms with Gasteiger partial charge in [-0.1, -0.05) is 12.1 Å². The molecule has 0 unspecified atom stereocenters. The fourth-order valence-corrected chi connectivity index (χ4v) is 1.72. The van der Waals surface area contributed by atoms with Crippen LogP contribution in [-0.2, 0) is 17.8 Å². The molecule has 94 valence electrons. The number of carboxylic acid groups (broad SMARTS) is 1. The van der Waals surface area contributed by atoms with E-state index in [9.17, 15) is 4.79 Å². The van der Waals surface area contributed by atoms with E-state index in [-0.39, 0.29) is 6.42 Å². The number of aromatic nitrogens is 2. The van der Waals surface area contributed by atoms with Crippen LogP contribution in [-0.4, -0.2) is 27.7 Å². The molecule has 0 fully saturated rings. The maximum Gasteiger partial charge on any atom is 0.309 e. The summed E-state index contributed by atoms with van der Waals surface area (Å²) in [6.07, 6.45) is 3.33. The molecule has 0 amide bonds. The molecule has 1 N–H and O–H groups in total. The number of imidazole rings is 1. The Bertz CT molecular complexity index is 549. The molecular weight excluding hydrogens is 232 g/mol. The van der Waals surface area contributed by atoms with Gasteiger partial charge >= 0.3 is 5.97 Å². The van der Waals surface area contributed by atoms with Gasteiger partial charge in [-0.05, 0) is 17.7 Å². The minimum absolute atomic E-state index is 0.0505. The molecule has 0 spiro atoms. The number of benzene rings is 1. The number of ether oxygens (including phenoxy) is 1. The number of methoxy groups -OCH3 is 1. The van der Waals surface area contributed by atoms with E-state index in [4.69, 9.17) is 9.84 Å². The summed E-state index contributed by atoms with van der Waals surface area (Å²) in [6, 6.07) is 7.73. The average Bonchev–Trinajstić information content (AvgIpc) is 2.76. The van der Waals surface area contributed by atoms with Crippen molar-refractivity contribution in [2.24, 2.45) is 0 Å². The summed E-state index contributed by atoms with van der Waals surface area (Å²) in [5.41, 5.74) is 1.64. The van der Waals surface area contributed by atoms with Crippen LogP contribution in [0, 0.1) is 0 Å². The van der Waals surface area contributed by atoms with Crippen LogP contribution in [0.2, 0.25) is 0 Å². The molecule has 5 nitrogen and oxygen atoms in total. The molecule has 0 bridgehead atoms. The second kappa shape index (κ2) is 5.35. The molecule has 2 aromatic rings. The first-order chi connectivity index (χ1) is 8.67. The van der Waals surface area contributed by atoms with Gasteiger partial charge in [-0.15, -0.1) is 0 Å². The van der Waals surface area contributed by atoms with E-state index < -0.39 is 5.97 Å². The van der Waals surface area contributed by atoms with E-state index in [0.29, 0.717) is 12.2 Å². The minimum atomic E-state index is -0.873. The van der Waals surface area contributed by atoms with Crippen LogP contribution in [0.4, 0.5) is 0 Å². The summed E-state index contributed by atoms with van der Waals surface area (Å²) in [5, 5.41) is 8.67. The van der Waals surface area contributed by atoms with Crippen LogP contribution in [0.25, 0.3) is 0 Å². The van der Waals surface area contributed by atoms with Crippen LogP contribution in [0.5, 0.6) is 5.75 Å². The monoisotopic (exact) mass is 246 g/mol. The number of nitrogens with zero attached hydrogens (tertiary/aromatic N) is 2. The molecule has 2 rings (SSSR count). The highest BCUT2D eigenvalue weighted by atomic mass is 16.5. The fraction of sp³-hybridized carbons (Fsp3) is 0.231. The van der Waals surface area contributed by atoms with Crippen molar-refractivity contribution in [2.75, 3.05) is 7.11 Å². The van der Waals surface area contributed by atoms with Gasteiger partial charge in [-0.2, -0.15) is 0 Å². The van der Waals surface area contributed by atoms with Crippen LogP contribution < -0.4 is 4.74 Å². The summed E-state index contributed by atoms with van der Waals surface area (Å²) >= 11 is 0. The first-order valence-electron chi connectivity index (χ1n) is 5.53. The summed E-state index contributed by atoms with van der Waals surface area (Å²) in [5.74, 6) is -0.0694. The summed E-state index contributed by atoms with van der Waals surface area (Å²) < 4.78 is 7.00. The third kappa shape index (κ3) is 3.10. The van der Waals surface area contributed by atoms with Crippen molar-refractivity contribution >= 4 is 5.97 Å². The molecule has 0 aliphatic carbocycles. The summed E-state index contributed by atoms with van der Waals surface area (Å²) in [6.45, 7) is 0.643. The molecular formula is C13H14N2O3. The van der Waals surface area contributed by atoms with Gasteiger partial charge in [0, 0.05) is 12.7 Å². The third-order valence-corrected chi connectivity index (χ3v) is 2.52. The first kappa shape index (κ1) is 12.2. The van der Waals surface area contributed by atoms with Crippen molar-refractivity contribution in [3.8, 4) is 5.75 Å². The highest BCUT2D eigenvalue weighted by Crippen LogP contribution is 2.13. The highest BCUT2D eigenvalue weighted by Gasteiger charge is 2.04. The van der Waals surface area contributed by atoms with E-state index in [1.165, 1.54) is 0 Å². The Labute approximate surface area is 105 Å². The molecule has 0 aliphatic heterocycles. The summed E-state index contributed by atoms with van der Waals surface area (Å²) in [4.78, 5) is 14.6. The van der Waals surface area contributed by atoms with Gasteiger partial charge in [-0.3, -0.25) is 4.79 Å². The number of aliphatic carboxylic acids is 1. The molecule has 0 atom stereocenters. The zero-order valence-corrected chi connectivity index (χ0v) is 10.0. The van der Waals surface area contributed by atoms with Gasteiger partial charge < -0.3 is 14.4 Å². The lowest BCUT2D eigenvalue weighted by Gasteiger charge is -2.04. The Morgan fingerprint density at radius 3 is 3.06 bits per heavy atom. The number of hydrogen-bond donors (Lipinski definition) is 1. The smallest absolute Gasteiger partial charge is 0.309 e. The normalized spacial score (nSPS) is 10.3. The molecule has 1 heterocycles. The van der Waals surface area contributed by atoms with E-state index in [2.05, 4.69) is 4.98 Å². The average molecular weight is 246 g/mol. The first-order valence-corrected chi connectivity index (χ1v) is 5.53. The van der Waals surface area contributed by atoms with Crippen LogP contribution in [0.1, 0.15) is 11.3 Å². The number of carbonyl (C=O) groups is 1. The maximum absolute atomic E-state index is 10.6. The van der Waals surface area contributed by atoms with Gasteiger partial charge in [0.1, 0.15) is 5.75 Å². The largest absolute Gasteiger partial charge is 0.497 e. The Hall–Kier alpha value is -2.30. The van der Waals surface area contributed by atoms with Crippen molar-refractivity contribution in [2.45, 2.75) is 13.0 Å². The molecule has 1 aromatic carbocycles. The molecule has 1 aromatic heterocycles. The van der Waals surface area contributed by atoms with Crippen molar-refractivity contribution < 1.29 is 14.6 Å². The molecule has 0 saturated heterocycles. The molecule has 18 heavy (non-hydrogen) atoms. The Balaban J connectivity index is 2.08. The SMILES string of the molecule is COc1cccc(Cn2cnc(CC(=O)O)c2)c1. The molecule has 0 saturated carbocycles. The third-order valence-electron chi connectivity index (χ3n) is 2.52. The van der Waals surface area contributed by atoms with E-state index in [1.54, 1.807) is 19.6 Å². The zero-order chi connectivity index (χ0) is 13.0. The lowest BCUT2D eigenvalue weighted by atomic mass is 10.2. The number of rotatable bonds is 5. The lowest BCUT2D eigenvalue weighted by molar-refractivity contribution is -0.136. The van der Waals surface area contributed by atoms with Crippen molar-refractivity contribution in [1.29, 1.82) is 0 Å². The van der Waals surface area contributed by atoms with Crippen molar-refractivity contribution in [3.63, 3.8) is 0 Å². The van der Waals surface area contributed by atoms with E-state index >= 15 is 0 Å². The second-order valence-electron chi connectivity index (χ2n) is 3.96. The van der Waals surface area contributed by atoms with Crippen molar-refractivity contribution in [1.82, 2.24) is 9.55 Å². The summed E-state index contributed by atoms with van der Waals surface area (Å²) in [7, 11) is 1.63. The predicted octanol–water partition coefficient (Wildman–Crippen LogP) is 1.57. The van der Waals surface area contributed by atoms with Gasteiger partial charge in [0.2, 0.25) is 0 Å². The fourth-order valence-electron chi connectivity index (χ4n) is 1.72. The number of carboxylic acids is 1. The zero-order valence-electron chi connectivity index (χ0n) is 10.0. The minimum Gasteiger partial charge on any atom is -0.497 e. The van der Waals surface area contributed by atoms with Gasteiger partial charge in [0.25, 0.3) is 0 Å². The van der Waals surface area contributed by atoms with Crippen LogP contribution in [0.3, 0.4) is 0 Å². The highest BCUT2D eigenvalue weighted by molar-refractivity contribution is 5.69. The molecule has 0 aliphatic rings. The van der Waals surface area contributed by atoms with Gasteiger partial charge in [-0.25, -0.2) is 4.98 Å². The van der Waals surface area contributed by atoms with E-state index in [1.807, 2.05) is 28.8 Å². The Morgan fingerprint density at radius 2 is 2.33 bits per heavy atom. The Kier molecular flexibility index (Phi) is 3.62. The topological polar surface area (TPSA) is 64.4 Å². The van der Waals surface area contributed by atoms with Gasteiger partial charge in [0.05, 0.1) is 25.6 Å². The van der Waals surface area contributed by atoms with Crippen molar-refractivity contribution in [3.05, 3.63) is 48.0 Å². The maximum atomic E-state index is 10.6. The second-order valence-corrected chi connectivity index (χ2v) is 3.96. The molecule has 0 radical (unpaired) electrons. The lowest BCUT2D eigenvalue weighted by Crippen LogP contribution is -2.00. The van der Waals surface area contributed by atoms with E-state index in [0.717, 1.165) is 11.3 Å². The molecule has 5 heteroatoms.